The summed E-state index contributed by atoms with van der Waals surface area (Å²) in [6.45, 7) is 3.89. The van der Waals surface area contributed by atoms with Crippen LogP contribution in [-0.4, -0.2) is 27.1 Å². The van der Waals surface area contributed by atoms with E-state index in [0.29, 0.717) is 17.3 Å². The Balaban J connectivity index is 1.65. The maximum Gasteiger partial charge on any atom is 0.264 e. The fourth-order valence-electron chi connectivity index (χ4n) is 2.19. The van der Waals surface area contributed by atoms with E-state index in [1.165, 1.54) is 0 Å². The zero-order valence-corrected chi connectivity index (χ0v) is 12.4. The van der Waals surface area contributed by atoms with Gasteiger partial charge in [0.2, 0.25) is 5.95 Å². The van der Waals surface area contributed by atoms with Crippen LogP contribution in [0.2, 0.25) is 0 Å². The minimum atomic E-state index is -0.280. The minimum absolute atomic E-state index is 0.0777. The first-order chi connectivity index (χ1) is 10.6. The Morgan fingerprint density at radius 3 is 2.91 bits per heavy atom. The molecule has 0 aliphatic heterocycles. The lowest BCUT2D eigenvalue weighted by Crippen LogP contribution is -2.21. The second-order valence-electron chi connectivity index (χ2n) is 5.06. The van der Waals surface area contributed by atoms with Gasteiger partial charge in [-0.15, -0.1) is 10.2 Å². The number of nitrogens with one attached hydrogen (secondary N) is 1. The van der Waals surface area contributed by atoms with Gasteiger partial charge in [-0.3, -0.25) is 14.5 Å². The fraction of sp³-hybridized carbons (Fsp3) is 0.188. The number of rotatable bonds is 4. The molecule has 0 aliphatic carbocycles. The van der Waals surface area contributed by atoms with E-state index in [1.54, 1.807) is 10.6 Å². The predicted molar refractivity (Wildman–Crippen MR) is 83.0 cm³/mol. The first-order valence-corrected chi connectivity index (χ1v) is 6.93. The molecule has 0 unspecified atom stereocenters. The quantitative estimate of drug-likeness (QED) is 0.802. The lowest BCUT2D eigenvalue weighted by atomic mass is 10.1. The van der Waals surface area contributed by atoms with Gasteiger partial charge in [-0.2, -0.15) is 0 Å². The topological polar surface area (TPSA) is 68.5 Å². The molecule has 0 aliphatic rings. The van der Waals surface area contributed by atoms with Gasteiger partial charge < -0.3 is 4.74 Å². The molecule has 6 heteroatoms. The Kier molecular flexibility index (Phi) is 3.74. The van der Waals surface area contributed by atoms with Crippen LogP contribution < -0.4 is 10.1 Å². The van der Waals surface area contributed by atoms with Gasteiger partial charge in [-0.05, 0) is 37.6 Å². The van der Waals surface area contributed by atoms with Crippen molar-refractivity contribution in [3.8, 4) is 5.75 Å². The number of fused-ring (bicyclic) bond motifs is 1. The minimum Gasteiger partial charge on any atom is -0.483 e. The molecule has 2 aromatic heterocycles. The molecule has 3 aromatic rings. The van der Waals surface area contributed by atoms with Gasteiger partial charge in [0.1, 0.15) is 5.75 Å². The summed E-state index contributed by atoms with van der Waals surface area (Å²) in [6, 6.07) is 11.3. The summed E-state index contributed by atoms with van der Waals surface area (Å²) < 4.78 is 7.25. The van der Waals surface area contributed by atoms with Crippen LogP contribution in [0, 0.1) is 13.8 Å². The third kappa shape index (κ3) is 2.90. The third-order valence-electron chi connectivity index (χ3n) is 3.25. The number of carbonyl (C=O) groups excluding carboxylic acids is 1. The molecule has 112 valence electrons. The van der Waals surface area contributed by atoms with Gasteiger partial charge in [0, 0.05) is 6.20 Å². The number of carbonyl (C=O) groups is 1. The summed E-state index contributed by atoms with van der Waals surface area (Å²) in [5, 5.41) is 10.6. The van der Waals surface area contributed by atoms with Crippen LogP contribution in [0.4, 0.5) is 5.95 Å². The predicted octanol–water partition coefficient (Wildman–Crippen LogP) is 2.36. The summed E-state index contributed by atoms with van der Waals surface area (Å²) in [7, 11) is 0. The van der Waals surface area contributed by atoms with E-state index in [1.807, 2.05) is 50.2 Å². The molecule has 0 radical (unpaired) electrons. The first kappa shape index (κ1) is 14.1. The van der Waals surface area contributed by atoms with E-state index in [4.69, 9.17) is 4.74 Å². The zero-order chi connectivity index (χ0) is 15.5. The Bertz CT molecular complexity index is 826. The van der Waals surface area contributed by atoms with Gasteiger partial charge in [0.15, 0.2) is 12.3 Å². The van der Waals surface area contributed by atoms with Crippen molar-refractivity contribution in [3.05, 3.63) is 53.7 Å². The number of ether oxygens (including phenoxy) is 1. The standard InChI is InChI=1S/C16H16N4O2/c1-11-6-7-13(12(2)9-11)22-10-15(21)17-16-19-18-14-5-3-4-8-20(14)16/h3-9H,10H2,1-2H3,(H,17,19,21). The van der Waals surface area contributed by atoms with Crippen molar-refractivity contribution < 1.29 is 9.53 Å². The van der Waals surface area contributed by atoms with Crippen LogP contribution in [0.15, 0.2) is 42.6 Å². The summed E-state index contributed by atoms with van der Waals surface area (Å²) in [5.41, 5.74) is 2.83. The first-order valence-electron chi connectivity index (χ1n) is 6.93. The number of benzene rings is 1. The largest absolute Gasteiger partial charge is 0.483 e. The van der Waals surface area contributed by atoms with E-state index < -0.39 is 0 Å². The molecule has 0 atom stereocenters. The van der Waals surface area contributed by atoms with Gasteiger partial charge in [-0.25, -0.2) is 0 Å². The third-order valence-corrected chi connectivity index (χ3v) is 3.25. The van der Waals surface area contributed by atoms with Gasteiger partial charge in [0.25, 0.3) is 5.91 Å². The summed E-state index contributed by atoms with van der Waals surface area (Å²) in [4.78, 5) is 12.0. The molecule has 0 saturated heterocycles. The van der Waals surface area contributed by atoms with Crippen molar-refractivity contribution in [2.24, 2.45) is 0 Å². The van der Waals surface area contributed by atoms with E-state index >= 15 is 0 Å². The van der Waals surface area contributed by atoms with Crippen LogP contribution in [0.25, 0.3) is 5.65 Å². The van der Waals surface area contributed by atoms with Crippen LogP contribution >= 0.6 is 0 Å². The molecule has 3 rings (SSSR count). The Morgan fingerprint density at radius 1 is 1.23 bits per heavy atom. The number of pyridine rings is 1. The SMILES string of the molecule is Cc1ccc(OCC(=O)Nc2nnc3ccccn23)c(C)c1. The molecule has 0 spiro atoms. The van der Waals surface area contributed by atoms with Crippen LogP contribution in [-0.2, 0) is 4.79 Å². The molecule has 6 nitrogen and oxygen atoms in total. The fourth-order valence-corrected chi connectivity index (χ4v) is 2.19. The van der Waals surface area contributed by atoms with E-state index in [9.17, 15) is 4.79 Å². The van der Waals surface area contributed by atoms with Crippen LogP contribution in [0.1, 0.15) is 11.1 Å². The van der Waals surface area contributed by atoms with Crippen molar-refractivity contribution in [2.75, 3.05) is 11.9 Å². The second kappa shape index (κ2) is 5.85. The Labute approximate surface area is 127 Å². The highest BCUT2D eigenvalue weighted by molar-refractivity contribution is 5.90. The molecule has 22 heavy (non-hydrogen) atoms. The number of hydrogen-bond acceptors (Lipinski definition) is 4. The second-order valence-corrected chi connectivity index (χ2v) is 5.06. The summed E-state index contributed by atoms with van der Waals surface area (Å²) in [5.74, 6) is 0.801. The number of aryl methyl sites for hydroxylation is 2. The average Bonchev–Trinajstić information content (AvgIpc) is 2.90. The van der Waals surface area contributed by atoms with Crippen molar-refractivity contribution in [1.29, 1.82) is 0 Å². The van der Waals surface area contributed by atoms with Crippen molar-refractivity contribution >= 4 is 17.5 Å². The molecule has 0 fully saturated rings. The van der Waals surface area contributed by atoms with Crippen molar-refractivity contribution in [2.45, 2.75) is 13.8 Å². The van der Waals surface area contributed by atoms with Gasteiger partial charge >= 0.3 is 0 Å². The van der Waals surface area contributed by atoms with Crippen LogP contribution in [0.3, 0.4) is 0 Å². The van der Waals surface area contributed by atoms with Gasteiger partial charge in [0.05, 0.1) is 0 Å². The number of hydrogen-bond donors (Lipinski definition) is 1. The van der Waals surface area contributed by atoms with Crippen molar-refractivity contribution in [3.63, 3.8) is 0 Å². The average molecular weight is 296 g/mol. The number of anilines is 1. The van der Waals surface area contributed by atoms with Gasteiger partial charge in [-0.1, -0.05) is 23.8 Å². The lowest BCUT2D eigenvalue weighted by molar-refractivity contribution is -0.118. The number of aromatic nitrogens is 3. The molecule has 1 aromatic carbocycles. The highest BCUT2D eigenvalue weighted by Crippen LogP contribution is 2.18. The Hall–Kier alpha value is -2.89. The molecule has 0 bridgehead atoms. The highest BCUT2D eigenvalue weighted by atomic mass is 16.5. The Morgan fingerprint density at radius 2 is 2.09 bits per heavy atom. The van der Waals surface area contributed by atoms with E-state index in [0.717, 1.165) is 11.1 Å². The number of nitrogens with zero attached hydrogens (tertiary/aromatic N) is 3. The highest BCUT2D eigenvalue weighted by Gasteiger charge is 2.10. The summed E-state index contributed by atoms with van der Waals surface area (Å²) >= 11 is 0. The van der Waals surface area contributed by atoms with E-state index in [2.05, 4.69) is 15.5 Å². The zero-order valence-electron chi connectivity index (χ0n) is 12.4. The van der Waals surface area contributed by atoms with Crippen molar-refractivity contribution in [1.82, 2.24) is 14.6 Å². The normalized spacial score (nSPS) is 10.6. The molecule has 1 N–H and O–H groups in total. The molecule has 2 heterocycles. The molecule has 1 amide bonds. The maximum atomic E-state index is 12.0. The molecular weight excluding hydrogens is 280 g/mol. The monoisotopic (exact) mass is 296 g/mol. The van der Waals surface area contributed by atoms with Crippen LogP contribution in [0.5, 0.6) is 5.75 Å². The lowest BCUT2D eigenvalue weighted by Gasteiger charge is -2.09. The summed E-state index contributed by atoms with van der Waals surface area (Å²) in [6.07, 6.45) is 1.79. The number of amides is 1. The van der Waals surface area contributed by atoms with E-state index in [-0.39, 0.29) is 12.5 Å². The smallest absolute Gasteiger partial charge is 0.264 e. The molecule has 0 saturated carbocycles. The maximum absolute atomic E-state index is 12.0. The molecular formula is C16H16N4O2.